The Balaban J connectivity index is 1.47. The van der Waals surface area contributed by atoms with Crippen LogP contribution in [0.5, 0.6) is 5.75 Å². The van der Waals surface area contributed by atoms with Crippen molar-refractivity contribution in [1.82, 2.24) is 19.8 Å². The van der Waals surface area contributed by atoms with E-state index >= 15 is 0 Å². The van der Waals surface area contributed by atoms with E-state index in [2.05, 4.69) is 15.1 Å². The lowest BCUT2D eigenvalue weighted by Gasteiger charge is -2.35. The van der Waals surface area contributed by atoms with Gasteiger partial charge in [-0.15, -0.1) is 0 Å². The van der Waals surface area contributed by atoms with Crippen molar-refractivity contribution >= 4 is 21.8 Å². The largest absolute Gasteiger partial charge is 0.484 e. The maximum Gasteiger partial charge on any atom is 0.422 e. The van der Waals surface area contributed by atoms with Crippen LogP contribution >= 0.6 is 0 Å². The Labute approximate surface area is 218 Å². The molecule has 2 N–H and O–H groups in total. The predicted molar refractivity (Wildman–Crippen MR) is 130 cm³/mol. The fraction of sp³-hybridized carbons (Fsp3) is 0.560. The minimum Gasteiger partial charge on any atom is -0.484 e. The van der Waals surface area contributed by atoms with Crippen molar-refractivity contribution in [3.8, 4) is 5.75 Å². The number of aryl methyl sites for hydroxylation is 2. The Hall–Kier alpha value is -3.09. The fourth-order valence-electron chi connectivity index (χ4n) is 5.18. The first-order chi connectivity index (χ1) is 17.8. The maximum absolute atomic E-state index is 13.5. The van der Waals surface area contributed by atoms with E-state index in [4.69, 9.17) is 4.74 Å². The van der Waals surface area contributed by atoms with E-state index in [1.165, 1.54) is 24.6 Å². The second kappa shape index (κ2) is 9.28. The molecule has 0 radical (unpaired) electrons. The van der Waals surface area contributed by atoms with Crippen LogP contribution in [0.3, 0.4) is 0 Å². The molecule has 1 aliphatic heterocycles. The Morgan fingerprint density at radius 1 is 1.32 bits per heavy atom. The number of benzene rings is 1. The van der Waals surface area contributed by atoms with Gasteiger partial charge in [0.05, 0.1) is 22.0 Å². The van der Waals surface area contributed by atoms with Crippen molar-refractivity contribution in [2.75, 3.05) is 6.61 Å². The highest BCUT2D eigenvalue weighted by Gasteiger charge is 2.47. The Kier molecular flexibility index (Phi) is 6.48. The fourth-order valence-corrected chi connectivity index (χ4v) is 5.77. The van der Waals surface area contributed by atoms with Crippen LogP contribution in [-0.2, 0) is 34.9 Å². The molecule has 5 rings (SSSR count). The number of hydrogen-bond donors (Lipinski definition) is 2. The van der Waals surface area contributed by atoms with Gasteiger partial charge in [-0.2, -0.15) is 18.3 Å². The number of nitrogens with one attached hydrogen (secondary N) is 2. The summed E-state index contributed by atoms with van der Waals surface area (Å²) in [6.07, 6.45) is -0.264. The van der Waals surface area contributed by atoms with Crippen LogP contribution in [0.4, 0.5) is 13.2 Å². The van der Waals surface area contributed by atoms with Gasteiger partial charge in [0, 0.05) is 13.0 Å². The van der Waals surface area contributed by atoms with Gasteiger partial charge in [0.25, 0.3) is 11.8 Å². The van der Waals surface area contributed by atoms with Crippen LogP contribution in [-0.4, -0.2) is 48.0 Å². The third kappa shape index (κ3) is 5.12. The normalized spacial score (nSPS) is 20.8. The van der Waals surface area contributed by atoms with E-state index in [1.807, 2.05) is 0 Å². The molecule has 3 aliphatic rings. The summed E-state index contributed by atoms with van der Waals surface area (Å²) in [7, 11) is -3.94. The average molecular weight is 555 g/mol. The van der Waals surface area contributed by atoms with Gasteiger partial charge in [-0.25, -0.2) is 13.1 Å². The first-order valence-corrected chi connectivity index (χ1v) is 14.1. The van der Waals surface area contributed by atoms with Gasteiger partial charge in [-0.1, -0.05) is 18.9 Å². The average Bonchev–Trinajstić information content (AvgIpc) is 3.49. The molecule has 2 aliphatic carbocycles. The first-order valence-electron chi connectivity index (χ1n) is 12.6. The van der Waals surface area contributed by atoms with Crippen LogP contribution in [0.25, 0.3) is 0 Å². The summed E-state index contributed by atoms with van der Waals surface area (Å²) in [5, 5.41) is 6.78. The van der Waals surface area contributed by atoms with Gasteiger partial charge < -0.3 is 10.1 Å². The molecule has 1 saturated carbocycles. The number of alkyl halides is 3. The van der Waals surface area contributed by atoms with Crippen LogP contribution < -0.4 is 14.8 Å². The molecular formula is C25H29F3N4O5S. The summed E-state index contributed by atoms with van der Waals surface area (Å²) in [6, 6.07) is 4.66. The topological polar surface area (TPSA) is 119 Å². The summed E-state index contributed by atoms with van der Waals surface area (Å²) < 4.78 is 70.9. The van der Waals surface area contributed by atoms with E-state index < -0.39 is 45.4 Å². The van der Waals surface area contributed by atoms with Crippen LogP contribution in [0, 0.1) is 5.92 Å². The smallest absolute Gasteiger partial charge is 0.422 e. The molecule has 38 heavy (non-hydrogen) atoms. The molecule has 0 unspecified atom stereocenters. The minimum absolute atomic E-state index is 0.0569. The van der Waals surface area contributed by atoms with Gasteiger partial charge in [0.15, 0.2) is 6.61 Å². The number of fused-ring (bicyclic) bond motifs is 3. The minimum atomic E-state index is -4.45. The second-order valence-electron chi connectivity index (χ2n) is 10.6. The molecule has 0 bridgehead atoms. The van der Waals surface area contributed by atoms with E-state index in [0.717, 1.165) is 30.4 Å². The van der Waals surface area contributed by atoms with E-state index in [0.29, 0.717) is 31.0 Å². The molecule has 1 aromatic heterocycles. The monoisotopic (exact) mass is 554 g/mol. The number of halogens is 3. The highest BCUT2D eigenvalue weighted by molar-refractivity contribution is 7.90. The summed E-state index contributed by atoms with van der Waals surface area (Å²) in [4.78, 5) is 26.7. The number of nitrogens with zero attached hydrogens (tertiary/aromatic N) is 2. The van der Waals surface area contributed by atoms with Crippen LogP contribution in [0.15, 0.2) is 18.2 Å². The predicted octanol–water partition coefficient (Wildman–Crippen LogP) is 3.22. The maximum atomic E-state index is 13.5. The number of sulfonamides is 1. The molecule has 2 aromatic rings. The lowest BCUT2D eigenvalue weighted by atomic mass is 9.82. The zero-order valence-electron chi connectivity index (χ0n) is 21.0. The number of ether oxygens (including phenoxy) is 1. The number of carbonyl (C=O) groups is 2. The zero-order chi connectivity index (χ0) is 27.5. The van der Waals surface area contributed by atoms with Crippen LogP contribution in [0.2, 0.25) is 0 Å². The standard InChI is InChI=1S/C25H29F3N4O5S/c1-14(2)38(35,36)31-23(34)21-20-19(30-32(21)10-8-15-3-4-15)12-24(29-22(20)33)9-7-16-11-17(5-6-18(16)24)37-13-25(26,27)28/h5-6,11,14-15H,3-4,7-10,12-13H2,1-2H3,(H,29,33)(H,31,34)/t24-/m0/s1. The first kappa shape index (κ1) is 26.5. The number of amides is 2. The second-order valence-corrected chi connectivity index (χ2v) is 12.8. The molecule has 1 aromatic carbocycles. The molecule has 2 heterocycles. The lowest BCUT2D eigenvalue weighted by molar-refractivity contribution is -0.153. The Morgan fingerprint density at radius 3 is 2.71 bits per heavy atom. The molecule has 1 spiro atoms. The number of hydrogen-bond acceptors (Lipinski definition) is 6. The van der Waals surface area contributed by atoms with Crippen LogP contribution in [0.1, 0.15) is 77.2 Å². The lowest BCUT2D eigenvalue weighted by Crippen LogP contribution is -2.50. The van der Waals surface area contributed by atoms with Crippen molar-refractivity contribution in [2.24, 2.45) is 5.92 Å². The summed E-state index contributed by atoms with van der Waals surface area (Å²) in [5.41, 5.74) is 1.06. The van der Waals surface area contributed by atoms with Crippen molar-refractivity contribution < 1.29 is 35.9 Å². The van der Waals surface area contributed by atoms with Gasteiger partial charge in [-0.05, 0) is 62.3 Å². The molecule has 9 nitrogen and oxygen atoms in total. The number of aromatic nitrogens is 2. The molecular weight excluding hydrogens is 525 g/mol. The van der Waals surface area contributed by atoms with Gasteiger partial charge >= 0.3 is 6.18 Å². The summed E-state index contributed by atoms with van der Waals surface area (Å²) in [6.45, 7) is 1.87. The van der Waals surface area contributed by atoms with Gasteiger partial charge in [-0.3, -0.25) is 14.3 Å². The van der Waals surface area contributed by atoms with Gasteiger partial charge in [0.2, 0.25) is 10.0 Å². The highest BCUT2D eigenvalue weighted by atomic mass is 32.2. The van der Waals surface area contributed by atoms with Crippen molar-refractivity contribution in [1.29, 1.82) is 0 Å². The highest BCUT2D eigenvalue weighted by Crippen LogP contribution is 2.44. The quantitative estimate of drug-likeness (QED) is 0.517. The van der Waals surface area contributed by atoms with E-state index in [9.17, 15) is 31.2 Å². The van der Waals surface area contributed by atoms with Gasteiger partial charge in [0.1, 0.15) is 11.4 Å². The molecule has 1 atom stereocenters. The van der Waals surface area contributed by atoms with Crippen molar-refractivity contribution in [3.63, 3.8) is 0 Å². The van der Waals surface area contributed by atoms with Crippen molar-refractivity contribution in [2.45, 2.75) is 75.9 Å². The molecule has 13 heteroatoms. The summed E-state index contributed by atoms with van der Waals surface area (Å²) >= 11 is 0. The van der Waals surface area contributed by atoms with E-state index in [-0.39, 0.29) is 23.4 Å². The number of rotatable bonds is 8. The Morgan fingerprint density at radius 2 is 2.05 bits per heavy atom. The van der Waals surface area contributed by atoms with E-state index in [1.54, 1.807) is 12.1 Å². The third-order valence-electron chi connectivity index (χ3n) is 7.41. The molecule has 0 saturated heterocycles. The number of carbonyl (C=O) groups excluding carboxylic acids is 2. The van der Waals surface area contributed by atoms with Crippen molar-refractivity contribution in [3.05, 3.63) is 46.3 Å². The summed E-state index contributed by atoms with van der Waals surface area (Å²) in [5.74, 6) is -0.827. The zero-order valence-corrected chi connectivity index (χ0v) is 21.8. The third-order valence-corrected chi connectivity index (χ3v) is 9.12. The molecule has 206 valence electrons. The molecule has 2 amide bonds. The Bertz CT molecular complexity index is 1400. The SMILES string of the molecule is CC(C)S(=O)(=O)NC(=O)c1c2c(nn1CCC1CC1)C[C@]1(CCc3cc(OCC(F)(F)F)ccc31)NC2=O. The molecule has 1 fully saturated rings.